The molecule has 3 rings (SSSR count). The van der Waals surface area contributed by atoms with Gasteiger partial charge in [0.2, 0.25) is 5.91 Å². The summed E-state index contributed by atoms with van der Waals surface area (Å²) in [6.45, 7) is 5.46. The van der Waals surface area contributed by atoms with Crippen LogP contribution in [0.5, 0.6) is 0 Å². The molecule has 0 N–H and O–H groups in total. The smallest absolute Gasteiger partial charge is 0.338 e. The van der Waals surface area contributed by atoms with Crippen LogP contribution in [0.15, 0.2) is 65.3 Å². The summed E-state index contributed by atoms with van der Waals surface area (Å²) in [5.41, 5.74) is 1.96. The Morgan fingerprint density at radius 3 is 2.92 bits per heavy atom. The Kier molecular flexibility index (Phi) is 5.73. The van der Waals surface area contributed by atoms with Gasteiger partial charge in [0.15, 0.2) is 5.17 Å². The number of benzene rings is 1. The summed E-state index contributed by atoms with van der Waals surface area (Å²) < 4.78 is 5.24. The number of ether oxygens (including phenoxy) is 1. The third kappa shape index (κ3) is 3.80. The molecular formula is C20H20N2O3S. The second-order valence-electron chi connectivity index (χ2n) is 5.86. The van der Waals surface area contributed by atoms with Gasteiger partial charge in [-0.2, -0.15) is 0 Å². The fourth-order valence-electron chi connectivity index (χ4n) is 2.86. The van der Waals surface area contributed by atoms with E-state index in [0.29, 0.717) is 28.6 Å². The molecule has 5 nitrogen and oxygen atoms in total. The van der Waals surface area contributed by atoms with Gasteiger partial charge in [-0.15, -0.1) is 0 Å². The molecule has 1 atom stereocenters. The Morgan fingerprint density at radius 2 is 2.19 bits per heavy atom. The van der Waals surface area contributed by atoms with Crippen molar-refractivity contribution in [2.24, 2.45) is 4.99 Å². The van der Waals surface area contributed by atoms with E-state index in [2.05, 4.69) is 11.6 Å². The van der Waals surface area contributed by atoms with Gasteiger partial charge in [-0.25, -0.2) is 9.79 Å². The lowest BCUT2D eigenvalue weighted by molar-refractivity contribution is -0.138. The number of carbonyl (C=O) groups excluding carboxylic acids is 2. The molecule has 0 radical (unpaired) electrons. The van der Waals surface area contributed by atoms with Crippen LogP contribution in [0.3, 0.4) is 0 Å². The van der Waals surface area contributed by atoms with Gasteiger partial charge in [0, 0.05) is 12.2 Å². The quantitative estimate of drug-likeness (QED) is 0.590. The number of rotatable bonds is 5. The van der Waals surface area contributed by atoms with Crippen LogP contribution < -0.4 is 0 Å². The molecule has 1 saturated heterocycles. The van der Waals surface area contributed by atoms with Crippen molar-refractivity contribution >= 4 is 34.9 Å². The van der Waals surface area contributed by atoms with Crippen LogP contribution in [-0.4, -0.2) is 40.3 Å². The first-order chi connectivity index (χ1) is 12.6. The minimum absolute atomic E-state index is 0.0354. The molecule has 0 bridgehead atoms. The normalized spacial score (nSPS) is 20.0. The molecule has 2 heterocycles. The standard InChI is InChI=1S/C20H20N2O3S/c1-3-12-25-19(24)18-14(2)21-20-22(17(23)11-13-26-20)16(18)10-9-15-7-5-4-6-8-15/h3-10,16H,1,11-13H2,2H3/t16-/m0/s1. The molecule has 1 aromatic carbocycles. The average molecular weight is 368 g/mol. The van der Waals surface area contributed by atoms with E-state index in [0.717, 1.165) is 5.56 Å². The van der Waals surface area contributed by atoms with E-state index < -0.39 is 12.0 Å². The predicted octanol–water partition coefficient (Wildman–Crippen LogP) is 3.41. The van der Waals surface area contributed by atoms with Crippen LogP contribution in [0.25, 0.3) is 6.08 Å². The molecule has 0 saturated carbocycles. The Hall–Kier alpha value is -2.60. The molecule has 2 aliphatic heterocycles. The Bertz CT molecular complexity index is 812. The molecule has 134 valence electrons. The number of hydrogen-bond donors (Lipinski definition) is 0. The number of nitrogens with zero attached hydrogens (tertiary/aromatic N) is 2. The SMILES string of the molecule is C=CCOC(=O)C1=C(C)N=C2SCCC(=O)N2[C@H]1C=Cc1ccccc1. The molecule has 0 unspecified atom stereocenters. The number of esters is 1. The minimum Gasteiger partial charge on any atom is -0.458 e. The molecule has 26 heavy (non-hydrogen) atoms. The molecule has 1 amide bonds. The summed E-state index contributed by atoms with van der Waals surface area (Å²) in [5, 5.41) is 0.640. The van der Waals surface area contributed by atoms with E-state index in [1.807, 2.05) is 42.5 Å². The van der Waals surface area contributed by atoms with Crippen molar-refractivity contribution in [3.05, 3.63) is 65.9 Å². The van der Waals surface area contributed by atoms with Gasteiger partial charge in [0.1, 0.15) is 6.61 Å². The first-order valence-corrected chi connectivity index (χ1v) is 9.36. The maximum Gasteiger partial charge on any atom is 0.338 e. The van der Waals surface area contributed by atoms with Crippen LogP contribution in [-0.2, 0) is 14.3 Å². The van der Waals surface area contributed by atoms with Gasteiger partial charge < -0.3 is 4.74 Å². The highest BCUT2D eigenvalue weighted by atomic mass is 32.2. The van der Waals surface area contributed by atoms with E-state index in [1.165, 1.54) is 17.8 Å². The Morgan fingerprint density at radius 1 is 1.42 bits per heavy atom. The number of fused-ring (bicyclic) bond motifs is 1. The fraction of sp³-hybridized carbons (Fsp3) is 0.250. The summed E-state index contributed by atoms with van der Waals surface area (Å²) in [4.78, 5) is 31.2. The lowest BCUT2D eigenvalue weighted by atomic mass is 10.00. The van der Waals surface area contributed by atoms with Crippen LogP contribution in [0.2, 0.25) is 0 Å². The van der Waals surface area contributed by atoms with E-state index in [1.54, 1.807) is 11.8 Å². The van der Waals surface area contributed by atoms with Gasteiger partial charge in [-0.05, 0) is 12.5 Å². The molecule has 1 aromatic rings. The van der Waals surface area contributed by atoms with Gasteiger partial charge in [0.05, 0.1) is 17.3 Å². The zero-order valence-electron chi connectivity index (χ0n) is 14.6. The maximum absolute atomic E-state index is 12.6. The van der Waals surface area contributed by atoms with Crippen molar-refractivity contribution in [3.63, 3.8) is 0 Å². The van der Waals surface area contributed by atoms with Crippen LogP contribution in [0.1, 0.15) is 18.9 Å². The van der Waals surface area contributed by atoms with E-state index in [9.17, 15) is 9.59 Å². The van der Waals surface area contributed by atoms with Crippen LogP contribution in [0, 0.1) is 0 Å². The van der Waals surface area contributed by atoms with Crippen molar-refractivity contribution in [3.8, 4) is 0 Å². The summed E-state index contributed by atoms with van der Waals surface area (Å²) >= 11 is 1.53. The van der Waals surface area contributed by atoms with Gasteiger partial charge in [-0.1, -0.05) is 66.9 Å². The number of hydrogen-bond acceptors (Lipinski definition) is 5. The molecule has 2 aliphatic rings. The van der Waals surface area contributed by atoms with Crippen molar-refractivity contribution in [2.75, 3.05) is 12.4 Å². The fourth-order valence-corrected chi connectivity index (χ4v) is 3.88. The molecule has 0 aromatic heterocycles. The third-order valence-corrected chi connectivity index (χ3v) is 5.03. The van der Waals surface area contributed by atoms with E-state index >= 15 is 0 Å². The number of aliphatic imine (C=N–C) groups is 1. The first-order valence-electron chi connectivity index (χ1n) is 8.37. The lowest BCUT2D eigenvalue weighted by Crippen LogP contribution is -2.49. The van der Waals surface area contributed by atoms with Gasteiger partial charge in [0.25, 0.3) is 0 Å². The van der Waals surface area contributed by atoms with Gasteiger partial charge >= 0.3 is 5.97 Å². The summed E-state index contributed by atoms with van der Waals surface area (Å²) in [7, 11) is 0. The topological polar surface area (TPSA) is 59.0 Å². The van der Waals surface area contributed by atoms with Crippen LogP contribution in [0.4, 0.5) is 0 Å². The number of amidine groups is 1. The zero-order chi connectivity index (χ0) is 18.5. The van der Waals surface area contributed by atoms with Crippen molar-refractivity contribution in [2.45, 2.75) is 19.4 Å². The molecular weight excluding hydrogens is 348 g/mol. The third-order valence-electron chi connectivity index (χ3n) is 4.07. The second kappa shape index (κ2) is 8.19. The van der Waals surface area contributed by atoms with Crippen molar-refractivity contribution in [1.82, 2.24) is 4.90 Å². The summed E-state index contributed by atoms with van der Waals surface area (Å²) in [6.07, 6.45) is 5.71. The molecule has 0 aliphatic carbocycles. The summed E-state index contributed by atoms with van der Waals surface area (Å²) in [5.74, 6) is 0.190. The first kappa shape index (κ1) is 18.2. The number of carbonyl (C=O) groups is 2. The highest BCUT2D eigenvalue weighted by Gasteiger charge is 2.39. The van der Waals surface area contributed by atoms with E-state index in [4.69, 9.17) is 4.74 Å². The Labute approximate surface area is 157 Å². The van der Waals surface area contributed by atoms with Crippen LogP contribution >= 0.6 is 11.8 Å². The molecule has 6 heteroatoms. The highest BCUT2D eigenvalue weighted by molar-refractivity contribution is 8.14. The molecule has 0 spiro atoms. The predicted molar refractivity (Wildman–Crippen MR) is 104 cm³/mol. The highest BCUT2D eigenvalue weighted by Crippen LogP contribution is 2.32. The number of thioether (sulfide) groups is 1. The number of amides is 1. The van der Waals surface area contributed by atoms with Crippen molar-refractivity contribution < 1.29 is 14.3 Å². The second-order valence-corrected chi connectivity index (χ2v) is 6.92. The molecule has 1 fully saturated rings. The lowest BCUT2D eigenvalue weighted by Gasteiger charge is -2.37. The Balaban J connectivity index is 2.00. The zero-order valence-corrected chi connectivity index (χ0v) is 15.4. The van der Waals surface area contributed by atoms with Gasteiger partial charge in [-0.3, -0.25) is 9.69 Å². The maximum atomic E-state index is 12.6. The minimum atomic E-state index is -0.527. The van der Waals surface area contributed by atoms with E-state index in [-0.39, 0.29) is 12.5 Å². The van der Waals surface area contributed by atoms with Crippen molar-refractivity contribution in [1.29, 1.82) is 0 Å². The number of allylic oxidation sites excluding steroid dienone is 1. The summed E-state index contributed by atoms with van der Waals surface area (Å²) in [6, 6.07) is 9.22. The average Bonchev–Trinajstić information content (AvgIpc) is 2.64. The monoisotopic (exact) mass is 368 g/mol. The largest absolute Gasteiger partial charge is 0.458 e.